The molecule has 1 saturated heterocycles. The van der Waals surface area contributed by atoms with E-state index in [-0.39, 0.29) is 5.91 Å². The van der Waals surface area contributed by atoms with E-state index >= 15 is 0 Å². The predicted octanol–water partition coefficient (Wildman–Crippen LogP) is 4.76. The van der Waals surface area contributed by atoms with Gasteiger partial charge in [-0.2, -0.15) is 0 Å². The number of hydrogen-bond acceptors (Lipinski definition) is 5. The van der Waals surface area contributed by atoms with Crippen molar-refractivity contribution in [1.82, 2.24) is 10.3 Å². The predicted molar refractivity (Wildman–Crippen MR) is 122 cm³/mol. The number of rotatable bonds is 3. The summed E-state index contributed by atoms with van der Waals surface area (Å²) < 4.78 is 0. The summed E-state index contributed by atoms with van der Waals surface area (Å²) in [6.45, 7) is 0.585. The van der Waals surface area contributed by atoms with Crippen LogP contribution in [-0.4, -0.2) is 21.9 Å². The van der Waals surface area contributed by atoms with Crippen molar-refractivity contribution in [2.75, 3.05) is 0 Å². The van der Waals surface area contributed by atoms with Gasteiger partial charge in [0, 0.05) is 5.56 Å². The van der Waals surface area contributed by atoms with Crippen LogP contribution < -0.4 is 5.32 Å². The zero-order valence-electron chi connectivity index (χ0n) is 16.0. The number of para-hydroxylation sites is 1. The van der Waals surface area contributed by atoms with Gasteiger partial charge in [-0.1, -0.05) is 78.9 Å². The van der Waals surface area contributed by atoms with Gasteiger partial charge in [-0.15, -0.1) is 5.10 Å². The summed E-state index contributed by atoms with van der Waals surface area (Å²) in [6, 6.07) is 27.8. The van der Waals surface area contributed by atoms with Crippen LogP contribution in [0.3, 0.4) is 0 Å². The van der Waals surface area contributed by atoms with Crippen LogP contribution in [0, 0.1) is 0 Å². The maximum atomic E-state index is 12.5. The molecule has 0 unspecified atom stereocenters. The molecule has 0 saturated carbocycles. The molecule has 2 aliphatic heterocycles. The Labute approximate surface area is 178 Å². The Kier molecular flexibility index (Phi) is 4.91. The molecule has 0 radical (unpaired) electrons. The number of amidine groups is 2. The normalized spacial score (nSPS) is 18.3. The van der Waals surface area contributed by atoms with Gasteiger partial charge < -0.3 is 0 Å². The molecule has 0 aromatic heterocycles. The van der Waals surface area contributed by atoms with E-state index in [0.29, 0.717) is 16.6 Å². The van der Waals surface area contributed by atoms with Gasteiger partial charge in [0.05, 0.1) is 17.1 Å². The van der Waals surface area contributed by atoms with Crippen molar-refractivity contribution in [2.24, 2.45) is 10.1 Å². The molecule has 5 nitrogen and oxygen atoms in total. The van der Waals surface area contributed by atoms with Crippen molar-refractivity contribution in [3.63, 3.8) is 0 Å². The molecule has 1 fully saturated rings. The SMILES string of the molecule is O=C1NC(=NN2Cc3ccccc3N=C2c2ccccc2)S/C1=C/c1ccccc1. The maximum absolute atomic E-state index is 12.5. The number of carbonyl (C=O) groups excluding carboxylic acids is 1. The third-order valence-electron chi connectivity index (χ3n) is 4.77. The summed E-state index contributed by atoms with van der Waals surface area (Å²) in [4.78, 5) is 17.9. The lowest BCUT2D eigenvalue weighted by molar-refractivity contribution is -0.115. The number of aliphatic imine (C=N–C) groups is 1. The lowest BCUT2D eigenvalue weighted by atomic mass is 10.1. The number of amides is 1. The van der Waals surface area contributed by atoms with E-state index in [2.05, 4.69) is 11.4 Å². The molecule has 3 aromatic carbocycles. The number of nitrogens with one attached hydrogen (secondary N) is 1. The van der Waals surface area contributed by atoms with Crippen molar-refractivity contribution in [3.05, 3.63) is 107 Å². The van der Waals surface area contributed by atoms with Gasteiger partial charge in [0.25, 0.3) is 5.91 Å². The third kappa shape index (κ3) is 3.77. The molecule has 0 spiro atoms. The molecule has 0 bridgehead atoms. The van der Waals surface area contributed by atoms with Gasteiger partial charge in [-0.25, -0.2) is 10.0 Å². The highest BCUT2D eigenvalue weighted by molar-refractivity contribution is 8.18. The first-order chi connectivity index (χ1) is 14.8. The van der Waals surface area contributed by atoms with Crippen molar-refractivity contribution >= 4 is 40.4 Å². The van der Waals surface area contributed by atoms with E-state index in [1.54, 1.807) is 0 Å². The Morgan fingerprint density at radius 1 is 0.933 bits per heavy atom. The van der Waals surface area contributed by atoms with Crippen LogP contribution in [0.2, 0.25) is 0 Å². The molecule has 6 heteroatoms. The Morgan fingerprint density at radius 3 is 2.43 bits per heavy atom. The van der Waals surface area contributed by atoms with Crippen molar-refractivity contribution in [2.45, 2.75) is 6.54 Å². The number of hydrogen-bond donors (Lipinski definition) is 1. The number of carbonyl (C=O) groups is 1. The second-order valence-electron chi connectivity index (χ2n) is 6.87. The number of thioether (sulfide) groups is 1. The molecule has 1 amide bonds. The van der Waals surface area contributed by atoms with Gasteiger partial charge in [0.15, 0.2) is 11.0 Å². The first-order valence-electron chi connectivity index (χ1n) is 9.60. The van der Waals surface area contributed by atoms with Crippen LogP contribution in [0.25, 0.3) is 6.08 Å². The van der Waals surface area contributed by atoms with E-state index in [1.807, 2.05) is 89.9 Å². The van der Waals surface area contributed by atoms with Crippen molar-refractivity contribution in [3.8, 4) is 0 Å². The Bertz CT molecular complexity index is 1190. The molecule has 0 atom stereocenters. The van der Waals surface area contributed by atoms with E-state index in [4.69, 9.17) is 10.1 Å². The summed E-state index contributed by atoms with van der Waals surface area (Å²) in [6.07, 6.45) is 1.88. The molecule has 1 N–H and O–H groups in total. The number of benzene rings is 3. The van der Waals surface area contributed by atoms with Gasteiger partial charge in [-0.05, 0) is 35.0 Å². The van der Waals surface area contributed by atoms with Gasteiger partial charge >= 0.3 is 0 Å². The van der Waals surface area contributed by atoms with Crippen molar-refractivity contribution in [1.29, 1.82) is 0 Å². The van der Waals surface area contributed by atoms with E-state index < -0.39 is 0 Å². The quantitative estimate of drug-likeness (QED) is 0.634. The van der Waals surface area contributed by atoms with E-state index in [9.17, 15) is 4.79 Å². The highest BCUT2D eigenvalue weighted by Gasteiger charge is 2.27. The van der Waals surface area contributed by atoms with Crippen LogP contribution in [0.4, 0.5) is 5.69 Å². The smallest absolute Gasteiger partial charge is 0.264 e. The molecule has 30 heavy (non-hydrogen) atoms. The lowest BCUT2D eigenvalue weighted by Crippen LogP contribution is -2.32. The molecular weight excluding hydrogens is 392 g/mol. The molecule has 5 rings (SSSR count). The highest BCUT2D eigenvalue weighted by Crippen LogP contribution is 2.30. The maximum Gasteiger partial charge on any atom is 0.264 e. The number of fused-ring (bicyclic) bond motifs is 1. The van der Waals surface area contributed by atoms with Crippen molar-refractivity contribution < 1.29 is 4.79 Å². The molecule has 3 aromatic rings. The minimum atomic E-state index is -0.141. The average molecular weight is 411 g/mol. The monoisotopic (exact) mass is 410 g/mol. The fourth-order valence-electron chi connectivity index (χ4n) is 3.33. The molecular formula is C24H18N4OS. The van der Waals surface area contributed by atoms with Crippen LogP contribution in [-0.2, 0) is 11.3 Å². The minimum absolute atomic E-state index is 0.141. The largest absolute Gasteiger partial charge is 0.299 e. The minimum Gasteiger partial charge on any atom is -0.299 e. The van der Waals surface area contributed by atoms with Crippen LogP contribution in [0.5, 0.6) is 0 Å². The first kappa shape index (κ1) is 18.4. The fourth-order valence-corrected chi connectivity index (χ4v) is 4.16. The molecule has 0 aliphatic carbocycles. The Hall–Kier alpha value is -3.64. The first-order valence-corrected chi connectivity index (χ1v) is 10.4. The van der Waals surface area contributed by atoms with E-state index in [0.717, 1.165) is 28.2 Å². The third-order valence-corrected chi connectivity index (χ3v) is 5.67. The summed E-state index contributed by atoms with van der Waals surface area (Å²) in [5, 5.41) is 10.0. The zero-order valence-corrected chi connectivity index (χ0v) is 16.8. The van der Waals surface area contributed by atoms with Crippen LogP contribution in [0.15, 0.2) is 99.9 Å². The summed E-state index contributed by atoms with van der Waals surface area (Å²) >= 11 is 1.34. The average Bonchev–Trinajstić information content (AvgIpc) is 3.13. The highest BCUT2D eigenvalue weighted by atomic mass is 32.2. The van der Waals surface area contributed by atoms with Gasteiger partial charge in [-0.3, -0.25) is 10.1 Å². The molecule has 2 heterocycles. The summed E-state index contributed by atoms with van der Waals surface area (Å²) in [5.74, 6) is 0.621. The Morgan fingerprint density at radius 2 is 1.63 bits per heavy atom. The van der Waals surface area contributed by atoms with Gasteiger partial charge in [0.1, 0.15) is 0 Å². The second-order valence-corrected chi connectivity index (χ2v) is 7.90. The second kappa shape index (κ2) is 8.00. The topological polar surface area (TPSA) is 57.1 Å². The van der Waals surface area contributed by atoms with Crippen LogP contribution >= 0.6 is 11.8 Å². The lowest BCUT2D eigenvalue weighted by Gasteiger charge is -2.26. The summed E-state index contributed by atoms with van der Waals surface area (Å²) in [7, 11) is 0. The fraction of sp³-hybridized carbons (Fsp3) is 0.0417. The molecule has 146 valence electrons. The number of nitrogens with zero attached hydrogens (tertiary/aromatic N) is 3. The zero-order chi connectivity index (χ0) is 20.3. The van der Waals surface area contributed by atoms with Crippen LogP contribution in [0.1, 0.15) is 16.7 Å². The standard InChI is InChI=1S/C24H18N4OS/c29-23-21(15-17-9-3-1-4-10-17)30-24(26-23)27-28-16-19-13-7-8-14-20(19)25-22(28)18-11-5-2-6-12-18/h1-15H,16H2,(H,26,27,29)/b21-15+. The Balaban J connectivity index is 1.48. The molecule has 2 aliphatic rings. The van der Waals surface area contributed by atoms with Gasteiger partial charge in [0.2, 0.25) is 0 Å². The van der Waals surface area contributed by atoms with E-state index in [1.165, 1.54) is 11.8 Å². The number of hydrazone groups is 1. The summed E-state index contributed by atoms with van der Waals surface area (Å²) in [5.41, 5.74) is 4.00.